The summed E-state index contributed by atoms with van der Waals surface area (Å²) < 4.78 is 40.4. The Hall–Kier alpha value is -2.12. The van der Waals surface area contributed by atoms with E-state index in [1.165, 1.54) is 24.3 Å². The Morgan fingerprint density at radius 3 is 2.50 bits per heavy atom. The summed E-state index contributed by atoms with van der Waals surface area (Å²) in [5.74, 6) is -1.11. The SMILES string of the molecule is CCCCNC(=O)CN(c1ccc(F)c(Cl)c1)S(=O)(=O)c1ccccc1. The van der Waals surface area contributed by atoms with Crippen molar-refractivity contribution in [3.63, 3.8) is 0 Å². The second-order valence-corrected chi connectivity index (χ2v) is 7.90. The number of nitrogens with one attached hydrogen (secondary N) is 1. The summed E-state index contributed by atoms with van der Waals surface area (Å²) in [6.07, 6.45) is 1.69. The number of benzene rings is 2. The maximum absolute atomic E-state index is 13.5. The zero-order chi connectivity index (χ0) is 19.2. The molecule has 26 heavy (non-hydrogen) atoms. The first-order valence-electron chi connectivity index (χ1n) is 8.15. The number of carbonyl (C=O) groups excluding carboxylic acids is 1. The van der Waals surface area contributed by atoms with Gasteiger partial charge in [-0.2, -0.15) is 0 Å². The zero-order valence-electron chi connectivity index (χ0n) is 14.3. The van der Waals surface area contributed by atoms with E-state index in [1.54, 1.807) is 18.2 Å². The number of amides is 1. The predicted molar refractivity (Wildman–Crippen MR) is 100 cm³/mol. The van der Waals surface area contributed by atoms with Crippen LogP contribution in [0.25, 0.3) is 0 Å². The molecule has 140 valence electrons. The Balaban J connectivity index is 2.38. The Morgan fingerprint density at radius 2 is 1.88 bits per heavy atom. The van der Waals surface area contributed by atoms with Gasteiger partial charge in [0, 0.05) is 6.54 Å². The molecule has 0 spiro atoms. The molecule has 0 unspecified atom stereocenters. The molecule has 2 aromatic carbocycles. The highest BCUT2D eigenvalue weighted by molar-refractivity contribution is 7.92. The fraction of sp³-hybridized carbons (Fsp3) is 0.278. The van der Waals surface area contributed by atoms with Gasteiger partial charge in [0.05, 0.1) is 15.6 Å². The number of anilines is 1. The average molecular weight is 399 g/mol. The van der Waals surface area contributed by atoms with Crippen LogP contribution in [-0.2, 0) is 14.8 Å². The van der Waals surface area contributed by atoms with Gasteiger partial charge < -0.3 is 5.32 Å². The van der Waals surface area contributed by atoms with Crippen LogP contribution in [0.15, 0.2) is 53.4 Å². The molecule has 1 amide bonds. The summed E-state index contributed by atoms with van der Waals surface area (Å²) in [5, 5.41) is 2.46. The normalized spacial score (nSPS) is 11.2. The third-order valence-corrected chi connectivity index (χ3v) is 5.74. The quantitative estimate of drug-likeness (QED) is 0.691. The average Bonchev–Trinajstić information content (AvgIpc) is 2.63. The van der Waals surface area contributed by atoms with Crippen molar-refractivity contribution >= 4 is 33.2 Å². The number of sulfonamides is 1. The molecule has 5 nitrogen and oxygen atoms in total. The summed E-state index contributed by atoms with van der Waals surface area (Å²) in [4.78, 5) is 12.2. The Kier molecular flexibility index (Phi) is 6.99. The van der Waals surface area contributed by atoms with Crippen molar-refractivity contribution in [2.45, 2.75) is 24.7 Å². The lowest BCUT2D eigenvalue weighted by Gasteiger charge is -2.24. The van der Waals surface area contributed by atoms with Gasteiger partial charge in [-0.05, 0) is 36.8 Å². The second-order valence-electron chi connectivity index (χ2n) is 5.63. The van der Waals surface area contributed by atoms with Gasteiger partial charge in [0.2, 0.25) is 5.91 Å². The minimum atomic E-state index is -4.02. The Labute approximate surface area is 157 Å². The third kappa shape index (κ3) is 4.95. The molecule has 0 fully saturated rings. The van der Waals surface area contributed by atoms with Crippen LogP contribution in [0.3, 0.4) is 0 Å². The smallest absolute Gasteiger partial charge is 0.264 e. The maximum atomic E-state index is 13.5. The molecule has 0 aliphatic carbocycles. The van der Waals surface area contributed by atoms with Crippen molar-refractivity contribution in [1.82, 2.24) is 5.32 Å². The molecule has 0 saturated heterocycles. The van der Waals surface area contributed by atoms with Gasteiger partial charge in [-0.15, -0.1) is 0 Å². The van der Waals surface area contributed by atoms with Crippen molar-refractivity contribution in [3.05, 3.63) is 59.4 Å². The van der Waals surface area contributed by atoms with E-state index >= 15 is 0 Å². The van der Waals surface area contributed by atoms with Crippen LogP contribution in [0.4, 0.5) is 10.1 Å². The number of hydrogen-bond acceptors (Lipinski definition) is 3. The highest BCUT2D eigenvalue weighted by Gasteiger charge is 2.27. The molecule has 8 heteroatoms. The van der Waals surface area contributed by atoms with Crippen LogP contribution >= 0.6 is 11.6 Å². The van der Waals surface area contributed by atoms with E-state index in [0.717, 1.165) is 23.2 Å². The van der Waals surface area contributed by atoms with Crippen LogP contribution in [-0.4, -0.2) is 27.4 Å². The summed E-state index contributed by atoms with van der Waals surface area (Å²) in [6, 6.07) is 11.3. The van der Waals surface area contributed by atoms with Crippen LogP contribution < -0.4 is 9.62 Å². The van der Waals surface area contributed by atoms with Gasteiger partial charge in [0.15, 0.2) is 0 Å². The Bertz CT molecular complexity index is 860. The third-order valence-electron chi connectivity index (χ3n) is 3.66. The standard InChI is InChI=1S/C18H20ClFN2O3S/c1-2-3-11-21-18(23)13-22(14-9-10-17(20)16(19)12-14)26(24,25)15-7-5-4-6-8-15/h4-10,12H,2-3,11,13H2,1H3,(H,21,23). The van der Waals surface area contributed by atoms with Gasteiger partial charge in [0.25, 0.3) is 10.0 Å². The van der Waals surface area contributed by atoms with Crippen molar-refractivity contribution in [2.24, 2.45) is 0 Å². The molecular formula is C18H20ClFN2O3S. The molecular weight excluding hydrogens is 379 g/mol. The molecule has 0 aromatic heterocycles. The van der Waals surface area contributed by atoms with Crippen LogP contribution in [0.2, 0.25) is 5.02 Å². The van der Waals surface area contributed by atoms with E-state index in [1.807, 2.05) is 6.92 Å². The second kappa shape index (κ2) is 9.00. The number of hydrogen-bond donors (Lipinski definition) is 1. The summed E-state index contributed by atoms with van der Waals surface area (Å²) in [6.45, 7) is 2.01. The fourth-order valence-corrected chi connectivity index (χ4v) is 3.87. The molecule has 0 aliphatic heterocycles. The fourth-order valence-electron chi connectivity index (χ4n) is 2.27. The minimum absolute atomic E-state index is 0.0294. The lowest BCUT2D eigenvalue weighted by atomic mass is 10.3. The number of carbonyl (C=O) groups is 1. The van der Waals surface area contributed by atoms with E-state index in [-0.39, 0.29) is 15.6 Å². The van der Waals surface area contributed by atoms with Gasteiger partial charge in [-0.3, -0.25) is 9.10 Å². The van der Waals surface area contributed by atoms with Gasteiger partial charge in [-0.1, -0.05) is 43.1 Å². The molecule has 0 heterocycles. The largest absolute Gasteiger partial charge is 0.355 e. The molecule has 0 radical (unpaired) electrons. The molecule has 0 bridgehead atoms. The predicted octanol–water partition coefficient (Wildman–Crippen LogP) is 3.59. The van der Waals surface area contributed by atoms with Gasteiger partial charge >= 0.3 is 0 Å². The lowest BCUT2D eigenvalue weighted by Crippen LogP contribution is -2.41. The van der Waals surface area contributed by atoms with E-state index < -0.39 is 28.3 Å². The first kappa shape index (κ1) is 20.2. The number of nitrogens with zero attached hydrogens (tertiary/aromatic N) is 1. The molecule has 0 aliphatic rings. The maximum Gasteiger partial charge on any atom is 0.264 e. The van der Waals surface area contributed by atoms with Crippen LogP contribution in [0.1, 0.15) is 19.8 Å². The van der Waals surface area contributed by atoms with Crippen LogP contribution in [0.5, 0.6) is 0 Å². The van der Waals surface area contributed by atoms with E-state index in [0.29, 0.717) is 6.54 Å². The monoisotopic (exact) mass is 398 g/mol. The van der Waals surface area contributed by atoms with Crippen molar-refractivity contribution < 1.29 is 17.6 Å². The van der Waals surface area contributed by atoms with Gasteiger partial charge in [0.1, 0.15) is 12.4 Å². The highest BCUT2D eigenvalue weighted by Crippen LogP contribution is 2.27. The molecule has 0 atom stereocenters. The highest BCUT2D eigenvalue weighted by atomic mass is 35.5. The number of rotatable bonds is 8. The van der Waals surface area contributed by atoms with Gasteiger partial charge in [-0.25, -0.2) is 12.8 Å². The van der Waals surface area contributed by atoms with Crippen LogP contribution in [0, 0.1) is 5.82 Å². The minimum Gasteiger partial charge on any atom is -0.355 e. The Morgan fingerprint density at radius 1 is 1.19 bits per heavy atom. The molecule has 0 saturated carbocycles. The topological polar surface area (TPSA) is 66.5 Å². The summed E-state index contributed by atoms with van der Waals surface area (Å²) >= 11 is 5.80. The summed E-state index contributed by atoms with van der Waals surface area (Å²) in [7, 11) is -4.02. The van der Waals surface area contributed by atoms with E-state index in [9.17, 15) is 17.6 Å². The zero-order valence-corrected chi connectivity index (χ0v) is 15.9. The van der Waals surface area contributed by atoms with Crippen molar-refractivity contribution in [1.29, 1.82) is 0 Å². The number of halogens is 2. The first-order chi connectivity index (χ1) is 12.4. The molecule has 2 aromatic rings. The van der Waals surface area contributed by atoms with Crippen molar-refractivity contribution in [2.75, 3.05) is 17.4 Å². The van der Waals surface area contributed by atoms with E-state index in [4.69, 9.17) is 11.6 Å². The first-order valence-corrected chi connectivity index (χ1v) is 9.97. The lowest BCUT2D eigenvalue weighted by molar-refractivity contribution is -0.119. The number of unbranched alkanes of at least 4 members (excludes halogenated alkanes) is 1. The summed E-state index contributed by atoms with van der Waals surface area (Å²) in [5.41, 5.74) is 0.117. The van der Waals surface area contributed by atoms with E-state index in [2.05, 4.69) is 5.32 Å². The van der Waals surface area contributed by atoms with Crippen molar-refractivity contribution in [3.8, 4) is 0 Å². The molecule has 1 N–H and O–H groups in total. The molecule has 2 rings (SSSR count).